The number of rotatable bonds is 3. The largest absolute Gasteiger partial charge is 0.457 e. The zero-order chi connectivity index (χ0) is 20.7. The summed E-state index contributed by atoms with van der Waals surface area (Å²) in [6, 6.07) is 14.6. The molecule has 0 aromatic heterocycles. The van der Waals surface area contributed by atoms with Crippen LogP contribution in [-0.2, 0) is 9.59 Å². The van der Waals surface area contributed by atoms with E-state index in [1.807, 2.05) is 48.5 Å². The number of nitrogens with one attached hydrogen (secondary N) is 1. The van der Waals surface area contributed by atoms with E-state index in [0.29, 0.717) is 11.5 Å². The molecule has 154 valence electrons. The highest BCUT2D eigenvalue weighted by Gasteiger charge is 2.42. The Morgan fingerprint density at radius 3 is 2.23 bits per heavy atom. The minimum absolute atomic E-state index is 0.123. The van der Waals surface area contributed by atoms with Crippen LogP contribution in [-0.4, -0.2) is 39.8 Å². The van der Waals surface area contributed by atoms with Crippen LogP contribution in [0, 0.1) is 0 Å². The molecule has 1 saturated carbocycles. The predicted octanol–water partition coefficient (Wildman–Crippen LogP) is 4.05. The lowest BCUT2D eigenvalue weighted by Crippen LogP contribution is -2.55. The Bertz CT molecular complexity index is 962. The quantitative estimate of drug-likeness (QED) is 0.808. The van der Waals surface area contributed by atoms with Crippen LogP contribution in [0.4, 0.5) is 4.79 Å². The molecule has 2 fully saturated rings. The number of hydrogen-bond acceptors (Lipinski definition) is 5. The Hall–Kier alpha value is -2.80. The van der Waals surface area contributed by atoms with Gasteiger partial charge in [-0.25, -0.2) is 0 Å². The maximum atomic E-state index is 13.6. The smallest absolute Gasteiger partial charge is 0.289 e. The summed E-state index contributed by atoms with van der Waals surface area (Å²) in [5.41, 5.74) is 1.65. The normalized spacial score (nSPS) is 23.5. The molecule has 0 radical (unpaired) electrons. The molecular formula is C23H22N2O4S. The molecule has 2 atom stereocenters. The van der Waals surface area contributed by atoms with Gasteiger partial charge in [0.25, 0.3) is 5.24 Å². The lowest BCUT2D eigenvalue weighted by Gasteiger charge is -2.38. The third-order valence-electron chi connectivity index (χ3n) is 6.12. The molecule has 5 rings (SSSR count). The Morgan fingerprint density at radius 1 is 0.967 bits per heavy atom. The van der Waals surface area contributed by atoms with Crippen LogP contribution in [0.25, 0.3) is 0 Å². The third-order valence-corrected chi connectivity index (χ3v) is 6.95. The molecule has 2 aromatic rings. The average molecular weight is 423 g/mol. The number of fused-ring (bicyclic) bond motifs is 2. The predicted molar refractivity (Wildman–Crippen MR) is 114 cm³/mol. The van der Waals surface area contributed by atoms with Crippen molar-refractivity contribution >= 4 is 28.8 Å². The molecule has 2 heterocycles. The van der Waals surface area contributed by atoms with Crippen LogP contribution in [0.1, 0.15) is 42.7 Å². The first-order valence-electron chi connectivity index (χ1n) is 10.3. The highest BCUT2D eigenvalue weighted by molar-refractivity contribution is 8.14. The van der Waals surface area contributed by atoms with Crippen molar-refractivity contribution in [2.75, 3.05) is 5.75 Å². The van der Waals surface area contributed by atoms with Crippen molar-refractivity contribution in [3.63, 3.8) is 0 Å². The number of hydrogen-bond donors (Lipinski definition) is 1. The van der Waals surface area contributed by atoms with Gasteiger partial charge in [-0.05, 0) is 25.0 Å². The first-order valence-corrected chi connectivity index (χ1v) is 11.3. The average Bonchev–Trinajstić information content (AvgIpc) is 3.10. The van der Waals surface area contributed by atoms with Crippen molar-refractivity contribution in [3.05, 3.63) is 59.7 Å². The van der Waals surface area contributed by atoms with Crippen LogP contribution in [0.15, 0.2) is 48.5 Å². The maximum absolute atomic E-state index is 13.6. The van der Waals surface area contributed by atoms with Crippen LogP contribution in [0.5, 0.6) is 11.5 Å². The molecule has 1 aliphatic carbocycles. The van der Waals surface area contributed by atoms with Gasteiger partial charge in [0.15, 0.2) is 0 Å². The minimum Gasteiger partial charge on any atom is -0.457 e. The molecule has 2 aromatic carbocycles. The fourth-order valence-electron chi connectivity index (χ4n) is 4.73. The summed E-state index contributed by atoms with van der Waals surface area (Å²) in [6.45, 7) is 0. The van der Waals surface area contributed by atoms with E-state index in [0.717, 1.165) is 48.6 Å². The second-order valence-corrected chi connectivity index (χ2v) is 8.82. The summed E-state index contributed by atoms with van der Waals surface area (Å²) >= 11 is 1.05. The molecule has 6 nitrogen and oxygen atoms in total. The molecular weight excluding hydrogens is 400 g/mol. The van der Waals surface area contributed by atoms with Gasteiger partial charge in [-0.3, -0.25) is 19.3 Å². The van der Waals surface area contributed by atoms with Gasteiger partial charge in [0.2, 0.25) is 11.8 Å². The van der Waals surface area contributed by atoms with E-state index in [1.54, 1.807) is 0 Å². The Kier molecular flexibility index (Phi) is 4.98. The molecule has 2 aliphatic heterocycles. The van der Waals surface area contributed by atoms with Gasteiger partial charge in [0.1, 0.15) is 11.5 Å². The molecule has 3 amide bonds. The molecule has 7 heteroatoms. The second kappa shape index (κ2) is 7.80. The molecule has 0 bridgehead atoms. The molecule has 0 unspecified atom stereocenters. The van der Waals surface area contributed by atoms with E-state index in [1.165, 1.54) is 4.90 Å². The first kappa shape index (κ1) is 19.2. The number of carbonyl (C=O) groups is 3. The van der Waals surface area contributed by atoms with Crippen LogP contribution < -0.4 is 10.1 Å². The van der Waals surface area contributed by atoms with Crippen molar-refractivity contribution in [1.82, 2.24) is 10.2 Å². The van der Waals surface area contributed by atoms with Crippen molar-refractivity contribution in [2.45, 2.75) is 43.7 Å². The number of carbonyl (C=O) groups excluding carboxylic acids is 3. The summed E-state index contributed by atoms with van der Waals surface area (Å²) in [4.78, 5) is 39.5. The van der Waals surface area contributed by atoms with E-state index in [2.05, 4.69) is 5.32 Å². The fraction of sp³-hybridized carbons (Fsp3) is 0.348. The number of amides is 3. The number of thioether (sulfide) groups is 1. The van der Waals surface area contributed by atoms with Gasteiger partial charge in [-0.1, -0.05) is 61.0 Å². The fourth-order valence-corrected chi connectivity index (χ4v) is 5.49. The summed E-state index contributed by atoms with van der Waals surface area (Å²) in [5, 5.41) is 2.99. The van der Waals surface area contributed by atoms with Crippen molar-refractivity contribution < 1.29 is 19.1 Å². The topological polar surface area (TPSA) is 75.7 Å². The van der Waals surface area contributed by atoms with E-state index in [9.17, 15) is 14.4 Å². The second-order valence-electron chi connectivity index (χ2n) is 7.90. The number of imide groups is 1. The van der Waals surface area contributed by atoms with Gasteiger partial charge >= 0.3 is 0 Å². The molecule has 1 N–H and O–H groups in total. The third kappa shape index (κ3) is 3.27. The number of para-hydroxylation sites is 2. The molecule has 30 heavy (non-hydrogen) atoms. The molecule has 3 aliphatic rings. The van der Waals surface area contributed by atoms with Gasteiger partial charge in [-0.2, -0.15) is 0 Å². The van der Waals surface area contributed by atoms with E-state index >= 15 is 0 Å². The van der Waals surface area contributed by atoms with Gasteiger partial charge in [-0.15, -0.1) is 0 Å². The van der Waals surface area contributed by atoms with E-state index < -0.39 is 5.92 Å². The van der Waals surface area contributed by atoms with Crippen molar-refractivity contribution in [3.8, 4) is 11.5 Å². The molecule has 0 spiro atoms. The van der Waals surface area contributed by atoms with E-state index in [-0.39, 0.29) is 34.9 Å². The SMILES string of the molecule is O=C(N[C@H]1CCCC[C@@H]1N1C(=O)CSC1=O)C1c2ccccc2Oc2ccccc21. The summed E-state index contributed by atoms with van der Waals surface area (Å²) in [7, 11) is 0. The first-order chi connectivity index (χ1) is 14.6. The lowest BCUT2D eigenvalue weighted by molar-refractivity contribution is -0.129. The van der Waals surface area contributed by atoms with Crippen LogP contribution in [0.3, 0.4) is 0 Å². The summed E-state index contributed by atoms with van der Waals surface area (Å²) in [6.07, 6.45) is 3.39. The number of benzene rings is 2. The number of ether oxygens (including phenoxy) is 1. The highest BCUT2D eigenvalue weighted by Crippen LogP contribution is 2.44. The lowest BCUT2D eigenvalue weighted by atomic mass is 9.85. The van der Waals surface area contributed by atoms with Crippen LogP contribution >= 0.6 is 11.8 Å². The zero-order valence-corrected chi connectivity index (χ0v) is 17.2. The summed E-state index contributed by atoms with van der Waals surface area (Å²) in [5.74, 6) is 0.778. The van der Waals surface area contributed by atoms with Gasteiger partial charge in [0, 0.05) is 17.2 Å². The highest BCUT2D eigenvalue weighted by atomic mass is 32.2. The standard InChI is InChI=1S/C23H22N2O4S/c26-20-13-30-23(28)25(20)17-10-4-3-9-16(17)24-22(27)21-14-7-1-5-11-18(14)29-19-12-6-2-8-15(19)21/h1-2,5-8,11-12,16-17,21H,3-4,9-10,13H2,(H,24,27)/t16-,17-/m0/s1. The Labute approximate surface area is 179 Å². The van der Waals surface area contributed by atoms with E-state index in [4.69, 9.17) is 4.74 Å². The summed E-state index contributed by atoms with van der Waals surface area (Å²) < 4.78 is 6.00. The van der Waals surface area contributed by atoms with Crippen molar-refractivity contribution in [1.29, 1.82) is 0 Å². The zero-order valence-electron chi connectivity index (χ0n) is 16.4. The van der Waals surface area contributed by atoms with Crippen LogP contribution in [0.2, 0.25) is 0 Å². The Balaban J connectivity index is 1.45. The Morgan fingerprint density at radius 2 is 1.60 bits per heavy atom. The maximum Gasteiger partial charge on any atom is 0.289 e. The monoisotopic (exact) mass is 422 g/mol. The molecule has 1 saturated heterocycles. The van der Waals surface area contributed by atoms with Gasteiger partial charge in [0.05, 0.1) is 17.7 Å². The minimum atomic E-state index is -0.493. The van der Waals surface area contributed by atoms with Gasteiger partial charge < -0.3 is 10.1 Å². The van der Waals surface area contributed by atoms with Crippen molar-refractivity contribution in [2.24, 2.45) is 0 Å². The number of nitrogens with zero attached hydrogens (tertiary/aromatic N) is 1.